The lowest BCUT2D eigenvalue weighted by molar-refractivity contribution is -0.134. The molecule has 0 unspecified atom stereocenters. The highest BCUT2D eigenvalue weighted by Gasteiger charge is 2.19. The largest absolute Gasteiger partial charge is 0.451 e. The number of hydrogen-bond acceptors (Lipinski definition) is 2. The van der Waals surface area contributed by atoms with E-state index in [1.54, 1.807) is 0 Å². The van der Waals surface area contributed by atoms with Gasteiger partial charge in [-0.3, -0.25) is 0 Å². The van der Waals surface area contributed by atoms with Crippen LogP contribution in [0.15, 0.2) is 89.1 Å². The summed E-state index contributed by atoms with van der Waals surface area (Å²) >= 11 is 0. The van der Waals surface area contributed by atoms with Gasteiger partial charge in [-0.1, -0.05) is 48.6 Å². The Morgan fingerprint density at radius 2 is 1.64 bits per heavy atom. The van der Waals surface area contributed by atoms with Crippen molar-refractivity contribution in [2.24, 2.45) is 0 Å². The van der Waals surface area contributed by atoms with Crippen molar-refractivity contribution in [2.75, 3.05) is 0 Å². The van der Waals surface area contributed by atoms with Gasteiger partial charge in [0.15, 0.2) is 5.57 Å². The lowest BCUT2D eigenvalue weighted by atomic mass is 9.94. The molecule has 0 saturated carbocycles. The minimum Gasteiger partial charge on any atom is -0.244 e. The van der Waals surface area contributed by atoms with Gasteiger partial charge in [0.05, 0.1) is 0 Å². The monoisotopic (exact) mass is 289 g/mol. The molecule has 0 amide bonds. The number of hydrogen-bond donors (Lipinski definition) is 0. The fourth-order valence-electron chi connectivity index (χ4n) is 2.45. The second kappa shape index (κ2) is 6.84. The smallest absolute Gasteiger partial charge is 0.244 e. The summed E-state index contributed by atoms with van der Waals surface area (Å²) in [5, 5.41) is 0. The van der Waals surface area contributed by atoms with Crippen molar-refractivity contribution in [2.45, 2.75) is 19.3 Å². The molecule has 0 saturated heterocycles. The van der Waals surface area contributed by atoms with Crippen LogP contribution in [0.5, 0.6) is 0 Å². The van der Waals surface area contributed by atoms with E-state index < -0.39 is 0 Å². The van der Waals surface area contributed by atoms with Crippen LogP contribution in [0.3, 0.4) is 0 Å². The molecule has 22 heavy (non-hydrogen) atoms. The SMILES string of the molecule is O=C(O[C+]=C1C=CC=CC1)C1=CCC(=C2C=CC=CC2)C=C1. The van der Waals surface area contributed by atoms with E-state index in [0.717, 1.165) is 24.8 Å². The van der Waals surface area contributed by atoms with E-state index >= 15 is 0 Å². The third kappa shape index (κ3) is 3.49. The van der Waals surface area contributed by atoms with Crippen LogP contribution in [-0.2, 0) is 9.53 Å². The highest BCUT2D eigenvalue weighted by atomic mass is 16.5. The summed E-state index contributed by atoms with van der Waals surface area (Å²) in [6, 6.07) is 0. The quantitative estimate of drug-likeness (QED) is 0.427. The summed E-state index contributed by atoms with van der Waals surface area (Å²) in [5.74, 6) is -0.352. The number of rotatable bonds is 2. The van der Waals surface area contributed by atoms with Crippen LogP contribution in [-0.4, -0.2) is 5.97 Å². The Morgan fingerprint density at radius 3 is 2.27 bits per heavy atom. The molecule has 0 aromatic heterocycles. The molecule has 0 atom stereocenters. The third-order valence-electron chi connectivity index (χ3n) is 3.69. The van der Waals surface area contributed by atoms with Gasteiger partial charge in [0.1, 0.15) is 5.57 Å². The first-order chi connectivity index (χ1) is 10.8. The van der Waals surface area contributed by atoms with Gasteiger partial charge < -0.3 is 0 Å². The van der Waals surface area contributed by atoms with Gasteiger partial charge in [0.25, 0.3) is 6.26 Å². The van der Waals surface area contributed by atoms with Gasteiger partial charge in [0.2, 0.25) is 0 Å². The van der Waals surface area contributed by atoms with Gasteiger partial charge in [0, 0.05) is 12.5 Å². The molecule has 0 aliphatic heterocycles. The second-order valence-electron chi connectivity index (χ2n) is 5.25. The minimum absolute atomic E-state index is 0.352. The summed E-state index contributed by atoms with van der Waals surface area (Å²) in [7, 11) is 0. The van der Waals surface area contributed by atoms with E-state index in [-0.39, 0.29) is 5.97 Å². The van der Waals surface area contributed by atoms with Crippen LogP contribution in [0.2, 0.25) is 0 Å². The number of carbonyl (C=O) groups is 1. The Bertz CT molecular complexity index is 704. The van der Waals surface area contributed by atoms with Crippen molar-refractivity contribution in [3.05, 3.63) is 95.4 Å². The number of carbonyl (C=O) groups excluding carboxylic acids is 1. The van der Waals surface area contributed by atoms with Crippen LogP contribution in [0.4, 0.5) is 0 Å². The molecule has 2 nitrogen and oxygen atoms in total. The van der Waals surface area contributed by atoms with Crippen LogP contribution >= 0.6 is 0 Å². The van der Waals surface area contributed by atoms with Gasteiger partial charge in [-0.05, 0) is 36.1 Å². The molecule has 0 aromatic rings. The topological polar surface area (TPSA) is 26.3 Å². The van der Waals surface area contributed by atoms with Gasteiger partial charge >= 0.3 is 5.97 Å². The summed E-state index contributed by atoms with van der Waals surface area (Å²) < 4.78 is 5.13. The highest BCUT2D eigenvalue weighted by Crippen LogP contribution is 2.24. The molecule has 0 fully saturated rings. The number of ether oxygens (including phenoxy) is 1. The van der Waals surface area contributed by atoms with E-state index in [2.05, 4.69) is 18.4 Å². The van der Waals surface area contributed by atoms with Crippen LogP contribution in [0.1, 0.15) is 19.3 Å². The Balaban J connectivity index is 1.61. The molecule has 0 spiro atoms. The first-order valence-corrected chi connectivity index (χ1v) is 7.42. The van der Waals surface area contributed by atoms with Crippen LogP contribution in [0, 0.1) is 6.26 Å². The average molecular weight is 289 g/mol. The fraction of sp³-hybridized carbons (Fsp3) is 0.150. The van der Waals surface area contributed by atoms with Crippen LogP contribution < -0.4 is 0 Å². The van der Waals surface area contributed by atoms with Crippen molar-refractivity contribution in [3.63, 3.8) is 0 Å². The lowest BCUT2D eigenvalue weighted by Crippen LogP contribution is -2.06. The Morgan fingerprint density at radius 1 is 0.864 bits per heavy atom. The summed E-state index contributed by atoms with van der Waals surface area (Å²) in [4.78, 5) is 12.0. The molecule has 2 heteroatoms. The zero-order chi connectivity index (χ0) is 15.2. The number of esters is 1. The molecule has 0 aromatic carbocycles. The van der Waals surface area contributed by atoms with Crippen molar-refractivity contribution in [3.8, 4) is 0 Å². The van der Waals surface area contributed by atoms with E-state index in [4.69, 9.17) is 4.74 Å². The first kappa shape index (κ1) is 14.2. The molecular weight excluding hydrogens is 272 g/mol. The molecular formula is C20H17O2+. The maximum Gasteiger partial charge on any atom is 0.451 e. The van der Waals surface area contributed by atoms with Crippen molar-refractivity contribution in [1.82, 2.24) is 0 Å². The molecule has 0 N–H and O–H groups in total. The summed E-state index contributed by atoms with van der Waals surface area (Å²) in [6.07, 6.45) is 27.0. The van der Waals surface area contributed by atoms with Crippen molar-refractivity contribution in [1.29, 1.82) is 0 Å². The second-order valence-corrected chi connectivity index (χ2v) is 5.25. The minimum atomic E-state index is -0.352. The van der Waals surface area contributed by atoms with E-state index in [9.17, 15) is 4.79 Å². The van der Waals surface area contributed by atoms with Crippen LogP contribution in [0.25, 0.3) is 0 Å². The van der Waals surface area contributed by atoms with Gasteiger partial charge in [-0.15, -0.1) is 0 Å². The van der Waals surface area contributed by atoms with E-state index in [1.807, 2.05) is 54.7 Å². The Labute approximate surface area is 130 Å². The third-order valence-corrected chi connectivity index (χ3v) is 3.69. The standard InChI is InChI=1S/C20H17O2/c21-20(22-15-16-7-3-1-4-8-16)19-13-11-18(12-14-19)17-9-5-2-6-10-17/h1-7,9,11,13-14H,8,10,12H2/q+1. The van der Waals surface area contributed by atoms with E-state index in [1.165, 1.54) is 11.1 Å². The first-order valence-electron chi connectivity index (χ1n) is 7.42. The molecule has 0 heterocycles. The zero-order valence-corrected chi connectivity index (χ0v) is 12.3. The predicted molar refractivity (Wildman–Crippen MR) is 87.5 cm³/mol. The molecule has 3 rings (SSSR count). The molecule has 3 aliphatic rings. The number of allylic oxidation sites excluding steroid dienone is 13. The Hall–Kier alpha value is -2.70. The summed E-state index contributed by atoms with van der Waals surface area (Å²) in [5.41, 5.74) is 4.01. The Kier molecular flexibility index (Phi) is 4.43. The lowest BCUT2D eigenvalue weighted by Gasteiger charge is -2.11. The van der Waals surface area contributed by atoms with E-state index in [0.29, 0.717) is 5.57 Å². The highest BCUT2D eigenvalue weighted by molar-refractivity contribution is 5.92. The normalized spacial score (nSPS) is 24.4. The maximum absolute atomic E-state index is 12.0. The average Bonchev–Trinajstić information content (AvgIpc) is 2.61. The van der Waals surface area contributed by atoms with Crippen molar-refractivity contribution < 1.29 is 9.53 Å². The molecule has 0 radical (unpaired) electrons. The predicted octanol–water partition coefficient (Wildman–Crippen LogP) is 4.43. The van der Waals surface area contributed by atoms with Gasteiger partial charge in [-0.2, -0.15) is 4.79 Å². The zero-order valence-electron chi connectivity index (χ0n) is 12.3. The molecule has 3 aliphatic carbocycles. The van der Waals surface area contributed by atoms with Crippen molar-refractivity contribution >= 4 is 5.97 Å². The summed E-state index contributed by atoms with van der Waals surface area (Å²) in [6.45, 7) is 0. The maximum atomic E-state index is 12.0. The van der Waals surface area contributed by atoms with Gasteiger partial charge in [-0.25, -0.2) is 4.74 Å². The molecule has 108 valence electrons. The molecule has 0 bridgehead atoms. The fourth-order valence-corrected chi connectivity index (χ4v) is 2.45.